The standard InChI is InChI=1S/C12H22N4O2/c1-8(2)11(17)6-13-12(18)15-10-5-14-16(7-10)9(3)4/h5,7-9,11,17H,6H2,1-4H3,(H2,13,15,18)/t11-/m0/s1. The molecule has 0 fully saturated rings. The molecule has 0 aliphatic rings. The van der Waals surface area contributed by atoms with Crippen molar-refractivity contribution in [2.45, 2.75) is 39.8 Å². The second-order valence-electron chi connectivity index (χ2n) is 4.95. The molecule has 18 heavy (non-hydrogen) atoms. The number of aromatic nitrogens is 2. The molecule has 0 aliphatic carbocycles. The molecule has 0 aromatic carbocycles. The molecule has 0 aliphatic heterocycles. The number of rotatable bonds is 5. The monoisotopic (exact) mass is 254 g/mol. The number of carbonyl (C=O) groups is 1. The lowest BCUT2D eigenvalue weighted by Gasteiger charge is -2.15. The first-order valence-corrected chi connectivity index (χ1v) is 6.17. The SMILES string of the molecule is CC(C)[C@@H](O)CNC(=O)Nc1cnn(C(C)C)c1. The minimum absolute atomic E-state index is 0.119. The van der Waals surface area contributed by atoms with Crippen LogP contribution in [0.2, 0.25) is 0 Å². The van der Waals surface area contributed by atoms with Crippen molar-refractivity contribution in [2.75, 3.05) is 11.9 Å². The van der Waals surface area contributed by atoms with E-state index >= 15 is 0 Å². The van der Waals surface area contributed by atoms with E-state index in [0.29, 0.717) is 5.69 Å². The van der Waals surface area contributed by atoms with Gasteiger partial charge in [0.05, 0.1) is 18.0 Å². The molecule has 1 aromatic rings. The van der Waals surface area contributed by atoms with Gasteiger partial charge in [0.1, 0.15) is 0 Å². The Kier molecular flexibility index (Phi) is 5.15. The Balaban J connectivity index is 2.40. The number of hydrogen-bond acceptors (Lipinski definition) is 3. The van der Waals surface area contributed by atoms with Gasteiger partial charge < -0.3 is 15.7 Å². The largest absolute Gasteiger partial charge is 0.391 e. The molecule has 6 heteroatoms. The predicted octanol–water partition coefficient (Wildman–Crippen LogP) is 1.60. The van der Waals surface area contributed by atoms with Gasteiger partial charge in [-0.25, -0.2) is 4.79 Å². The van der Waals surface area contributed by atoms with Crippen LogP contribution in [0.4, 0.5) is 10.5 Å². The van der Waals surface area contributed by atoms with E-state index in [-0.39, 0.29) is 24.5 Å². The number of nitrogens with zero attached hydrogens (tertiary/aromatic N) is 2. The van der Waals surface area contributed by atoms with Crippen molar-refractivity contribution in [3.8, 4) is 0 Å². The molecule has 0 saturated carbocycles. The van der Waals surface area contributed by atoms with Crippen LogP contribution in [0.5, 0.6) is 0 Å². The highest BCUT2D eigenvalue weighted by Crippen LogP contribution is 2.09. The van der Waals surface area contributed by atoms with Gasteiger partial charge >= 0.3 is 6.03 Å². The lowest BCUT2D eigenvalue weighted by Crippen LogP contribution is -2.37. The second kappa shape index (κ2) is 6.39. The van der Waals surface area contributed by atoms with Gasteiger partial charge in [-0.3, -0.25) is 4.68 Å². The molecular weight excluding hydrogens is 232 g/mol. The average molecular weight is 254 g/mol. The summed E-state index contributed by atoms with van der Waals surface area (Å²) in [4.78, 5) is 11.5. The quantitative estimate of drug-likeness (QED) is 0.746. The molecule has 102 valence electrons. The van der Waals surface area contributed by atoms with E-state index in [9.17, 15) is 9.90 Å². The molecule has 1 rings (SSSR count). The van der Waals surface area contributed by atoms with Gasteiger partial charge in [-0.1, -0.05) is 13.8 Å². The van der Waals surface area contributed by atoms with Crippen molar-refractivity contribution in [1.29, 1.82) is 0 Å². The molecule has 6 nitrogen and oxygen atoms in total. The molecular formula is C12H22N4O2. The number of hydrogen-bond donors (Lipinski definition) is 3. The van der Waals surface area contributed by atoms with Gasteiger partial charge in [0, 0.05) is 18.8 Å². The van der Waals surface area contributed by atoms with Crippen molar-refractivity contribution in [1.82, 2.24) is 15.1 Å². The first-order valence-electron chi connectivity index (χ1n) is 6.17. The number of urea groups is 1. The minimum Gasteiger partial charge on any atom is -0.391 e. The van der Waals surface area contributed by atoms with Gasteiger partial charge in [0.15, 0.2) is 0 Å². The van der Waals surface area contributed by atoms with Crippen LogP contribution in [0.15, 0.2) is 12.4 Å². The fourth-order valence-corrected chi connectivity index (χ4v) is 1.29. The second-order valence-corrected chi connectivity index (χ2v) is 4.95. The van der Waals surface area contributed by atoms with E-state index in [2.05, 4.69) is 15.7 Å². The van der Waals surface area contributed by atoms with E-state index < -0.39 is 6.10 Å². The number of anilines is 1. The molecule has 0 saturated heterocycles. The Hall–Kier alpha value is -1.56. The first-order chi connectivity index (χ1) is 8.40. The van der Waals surface area contributed by atoms with Gasteiger partial charge in [-0.15, -0.1) is 0 Å². The van der Waals surface area contributed by atoms with E-state index in [4.69, 9.17) is 0 Å². The average Bonchev–Trinajstić information content (AvgIpc) is 2.74. The summed E-state index contributed by atoms with van der Waals surface area (Å²) >= 11 is 0. The molecule has 2 amide bonds. The molecule has 1 aromatic heterocycles. The van der Waals surface area contributed by atoms with Crippen molar-refractivity contribution in [2.24, 2.45) is 5.92 Å². The summed E-state index contributed by atoms with van der Waals surface area (Å²) in [5.74, 6) is 0.119. The summed E-state index contributed by atoms with van der Waals surface area (Å²) in [7, 11) is 0. The van der Waals surface area contributed by atoms with Crippen LogP contribution in [0.25, 0.3) is 0 Å². The highest BCUT2D eigenvalue weighted by Gasteiger charge is 2.11. The smallest absolute Gasteiger partial charge is 0.319 e. The Labute approximate surface area is 107 Å². The molecule has 3 N–H and O–H groups in total. The van der Waals surface area contributed by atoms with Crippen LogP contribution in [-0.4, -0.2) is 33.6 Å². The Bertz CT molecular complexity index is 387. The summed E-state index contributed by atoms with van der Waals surface area (Å²) in [5, 5.41) is 19.0. The summed E-state index contributed by atoms with van der Waals surface area (Å²) in [6.45, 7) is 8.06. The maximum atomic E-state index is 11.5. The number of nitrogens with one attached hydrogen (secondary N) is 2. The van der Waals surface area contributed by atoms with Crippen molar-refractivity contribution in [3.05, 3.63) is 12.4 Å². The third-order valence-corrected chi connectivity index (χ3v) is 2.63. The zero-order valence-corrected chi connectivity index (χ0v) is 11.3. The third kappa shape index (κ3) is 4.37. The zero-order valence-electron chi connectivity index (χ0n) is 11.3. The van der Waals surface area contributed by atoms with Crippen LogP contribution in [0.3, 0.4) is 0 Å². The van der Waals surface area contributed by atoms with Crippen LogP contribution in [0.1, 0.15) is 33.7 Å². The Morgan fingerprint density at radius 1 is 1.44 bits per heavy atom. The maximum Gasteiger partial charge on any atom is 0.319 e. The lowest BCUT2D eigenvalue weighted by molar-refractivity contribution is 0.126. The summed E-state index contributed by atoms with van der Waals surface area (Å²) in [6.07, 6.45) is 2.83. The van der Waals surface area contributed by atoms with E-state index in [1.165, 1.54) is 0 Å². The molecule has 0 unspecified atom stereocenters. The van der Waals surface area contributed by atoms with Crippen LogP contribution < -0.4 is 10.6 Å². The van der Waals surface area contributed by atoms with Gasteiger partial charge in [-0.05, 0) is 19.8 Å². The Morgan fingerprint density at radius 2 is 2.11 bits per heavy atom. The first kappa shape index (κ1) is 14.5. The summed E-state index contributed by atoms with van der Waals surface area (Å²) in [5.41, 5.74) is 0.639. The van der Waals surface area contributed by atoms with E-state index in [1.807, 2.05) is 27.7 Å². The predicted molar refractivity (Wildman–Crippen MR) is 70.5 cm³/mol. The van der Waals surface area contributed by atoms with Crippen LogP contribution in [-0.2, 0) is 0 Å². The number of aliphatic hydroxyl groups is 1. The molecule has 0 radical (unpaired) electrons. The normalized spacial score (nSPS) is 12.8. The maximum absolute atomic E-state index is 11.5. The number of carbonyl (C=O) groups excluding carboxylic acids is 1. The lowest BCUT2D eigenvalue weighted by atomic mass is 10.1. The third-order valence-electron chi connectivity index (χ3n) is 2.63. The molecule has 0 spiro atoms. The summed E-state index contributed by atoms with van der Waals surface area (Å²) in [6, 6.07) is -0.0793. The molecule has 1 atom stereocenters. The fourth-order valence-electron chi connectivity index (χ4n) is 1.29. The summed E-state index contributed by atoms with van der Waals surface area (Å²) < 4.78 is 1.76. The van der Waals surface area contributed by atoms with Gasteiger partial charge in [0.2, 0.25) is 0 Å². The fraction of sp³-hybridized carbons (Fsp3) is 0.667. The highest BCUT2D eigenvalue weighted by atomic mass is 16.3. The molecule has 0 bridgehead atoms. The Morgan fingerprint density at radius 3 is 2.61 bits per heavy atom. The van der Waals surface area contributed by atoms with Crippen LogP contribution in [0, 0.1) is 5.92 Å². The van der Waals surface area contributed by atoms with Crippen LogP contribution >= 0.6 is 0 Å². The molecule has 1 heterocycles. The topological polar surface area (TPSA) is 79.2 Å². The van der Waals surface area contributed by atoms with Crippen molar-refractivity contribution in [3.63, 3.8) is 0 Å². The zero-order chi connectivity index (χ0) is 13.7. The highest BCUT2D eigenvalue weighted by molar-refractivity contribution is 5.88. The van der Waals surface area contributed by atoms with Gasteiger partial charge in [-0.2, -0.15) is 5.10 Å². The number of aliphatic hydroxyl groups excluding tert-OH is 1. The number of amides is 2. The van der Waals surface area contributed by atoms with Crippen molar-refractivity contribution >= 4 is 11.7 Å². The van der Waals surface area contributed by atoms with E-state index in [1.54, 1.807) is 17.1 Å². The van der Waals surface area contributed by atoms with E-state index in [0.717, 1.165) is 0 Å². The minimum atomic E-state index is -0.533. The van der Waals surface area contributed by atoms with Crippen molar-refractivity contribution < 1.29 is 9.90 Å². The van der Waals surface area contributed by atoms with Gasteiger partial charge in [0.25, 0.3) is 0 Å².